The Bertz CT molecular complexity index is 780. The molecule has 5 unspecified atom stereocenters. The first-order valence-corrected chi connectivity index (χ1v) is 10.3. The number of nitrogens with zero attached hydrogens (tertiary/aromatic N) is 1. The molecule has 162 valence electrons. The minimum atomic E-state index is -1.47. The van der Waals surface area contributed by atoms with Gasteiger partial charge in [0.2, 0.25) is 6.29 Å². The summed E-state index contributed by atoms with van der Waals surface area (Å²) in [6.45, 7) is 6.79. The highest BCUT2D eigenvalue weighted by Crippen LogP contribution is 2.32. The molecule has 0 bridgehead atoms. The van der Waals surface area contributed by atoms with Crippen LogP contribution in [0.4, 0.5) is 0 Å². The highest BCUT2D eigenvalue weighted by molar-refractivity contribution is 5.89. The van der Waals surface area contributed by atoms with Gasteiger partial charge in [-0.25, -0.2) is 0 Å². The van der Waals surface area contributed by atoms with Crippen LogP contribution in [0.1, 0.15) is 25.8 Å². The second kappa shape index (κ2) is 9.88. The van der Waals surface area contributed by atoms with Crippen molar-refractivity contribution in [2.24, 2.45) is 0 Å². The summed E-state index contributed by atoms with van der Waals surface area (Å²) in [5.74, 6) is 0.515. The van der Waals surface area contributed by atoms with E-state index >= 15 is 0 Å². The molecule has 2 heterocycles. The molecule has 1 aliphatic heterocycles. The molecule has 0 spiro atoms. The van der Waals surface area contributed by atoms with Gasteiger partial charge in [0.25, 0.3) is 0 Å². The van der Waals surface area contributed by atoms with Crippen LogP contribution in [0.5, 0.6) is 5.75 Å². The third-order valence-electron chi connectivity index (χ3n) is 5.53. The van der Waals surface area contributed by atoms with Gasteiger partial charge in [-0.2, -0.15) is 0 Å². The van der Waals surface area contributed by atoms with Crippen molar-refractivity contribution in [2.75, 3.05) is 26.2 Å². The van der Waals surface area contributed by atoms with Crippen molar-refractivity contribution < 1.29 is 29.9 Å². The van der Waals surface area contributed by atoms with Crippen LogP contribution in [-0.4, -0.2) is 87.3 Å². The molecule has 3 rings (SSSR count). The van der Waals surface area contributed by atoms with Gasteiger partial charge in [0, 0.05) is 23.6 Å². The van der Waals surface area contributed by atoms with E-state index in [0.717, 1.165) is 48.9 Å². The summed E-state index contributed by atoms with van der Waals surface area (Å²) < 4.78 is 11.4. The van der Waals surface area contributed by atoms with E-state index in [0.29, 0.717) is 5.75 Å². The zero-order chi connectivity index (χ0) is 21.0. The van der Waals surface area contributed by atoms with Gasteiger partial charge in [0.1, 0.15) is 30.2 Å². The van der Waals surface area contributed by atoms with E-state index in [9.17, 15) is 20.4 Å². The third kappa shape index (κ3) is 4.74. The van der Waals surface area contributed by atoms with Gasteiger partial charge < -0.3 is 39.8 Å². The van der Waals surface area contributed by atoms with Crippen molar-refractivity contribution >= 4 is 10.9 Å². The summed E-state index contributed by atoms with van der Waals surface area (Å²) in [4.78, 5) is 5.64. The molecule has 8 heteroatoms. The molecule has 0 aliphatic carbocycles. The quantitative estimate of drug-likeness (QED) is 0.413. The largest absolute Gasteiger partial charge is 0.461 e. The van der Waals surface area contributed by atoms with Crippen LogP contribution in [0.3, 0.4) is 0 Å². The Hall–Kier alpha value is -1.68. The smallest absolute Gasteiger partial charge is 0.229 e. The molecule has 1 saturated heterocycles. The summed E-state index contributed by atoms with van der Waals surface area (Å²) in [7, 11) is 0. The highest BCUT2D eigenvalue weighted by atomic mass is 16.7. The van der Waals surface area contributed by atoms with Gasteiger partial charge in [0.15, 0.2) is 0 Å². The number of likely N-dealkylation sites (N-methyl/N-ethyl adjacent to an activating group) is 1. The maximum absolute atomic E-state index is 10.3. The number of ether oxygens (including phenoxy) is 2. The second-order valence-electron chi connectivity index (χ2n) is 7.49. The molecule has 5 N–H and O–H groups in total. The van der Waals surface area contributed by atoms with Crippen LogP contribution in [0, 0.1) is 0 Å². The fraction of sp³-hybridized carbons (Fsp3) is 0.619. The average molecular weight is 408 g/mol. The lowest BCUT2D eigenvalue weighted by Crippen LogP contribution is -2.60. The molecule has 29 heavy (non-hydrogen) atoms. The Labute approximate surface area is 170 Å². The van der Waals surface area contributed by atoms with Crippen molar-refractivity contribution in [3.8, 4) is 5.75 Å². The number of hydrogen-bond donors (Lipinski definition) is 5. The zero-order valence-electron chi connectivity index (χ0n) is 17.0. The van der Waals surface area contributed by atoms with E-state index in [1.165, 1.54) is 0 Å². The Balaban J connectivity index is 1.81. The van der Waals surface area contributed by atoms with Gasteiger partial charge in [-0.3, -0.25) is 0 Å². The third-order valence-corrected chi connectivity index (χ3v) is 5.53. The minimum absolute atomic E-state index is 0.491. The first-order chi connectivity index (χ1) is 14.0. The van der Waals surface area contributed by atoms with Crippen molar-refractivity contribution in [1.82, 2.24) is 9.88 Å². The predicted octanol–water partition coefficient (Wildman–Crippen LogP) is 0.621. The molecule has 1 aromatic heterocycles. The summed E-state index contributed by atoms with van der Waals surface area (Å²) in [5.41, 5.74) is 2.00. The summed E-state index contributed by atoms with van der Waals surface area (Å²) in [6.07, 6.45) is -2.62. The first-order valence-electron chi connectivity index (χ1n) is 10.3. The maximum Gasteiger partial charge on any atom is 0.229 e. The Morgan fingerprint density at radius 3 is 2.59 bits per heavy atom. The van der Waals surface area contributed by atoms with Crippen molar-refractivity contribution in [2.45, 2.75) is 57.4 Å². The minimum Gasteiger partial charge on any atom is -0.461 e. The topological polar surface area (TPSA) is 118 Å². The molecule has 0 radical (unpaired) electrons. The summed E-state index contributed by atoms with van der Waals surface area (Å²) in [5, 5.41) is 40.5. The predicted molar refractivity (Wildman–Crippen MR) is 109 cm³/mol. The van der Waals surface area contributed by atoms with Gasteiger partial charge in [-0.15, -0.1) is 0 Å². The van der Waals surface area contributed by atoms with Crippen molar-refractivity contribution in [1.29, 1.82) is 0 Å². The zero-order valence-corrected chi connectivity index (χ0v) is 17.0. The van der Waals surface area contributed by atoms with Crippen LogP contribution in [0.2, 0.25) is 0 Å². The number of hydrogen-bond acceptors (Lipinski definition) is 7. The number of aliphatic hydroxyl groups excluding tert-OH is 4. The van der Waals surface area contributed by atoms with Crippen LogP contribution in [0.25, 0.3) is 10.9 Å². The normalized spacial score (nSPS) is 27.6. The molecule has 0 saturated carbocycles. The van der Waals surface area contributed by atoms with E-state index in [2.05, 4.69) is 23.7 Å². The number of benzene rings is 1. The number of aromatic nitrogens is 1. The van der Waals surface area contributed by atoms with Crippen molar-refractivity contribution in [3.05, 3.63) is 30.0 Å². The second-order valence-corrected chi connectivity index (χ2v) is 7.49. The van der Waals surface area contributed by atoms with E-state index in [1.807, 2.05) is 18.3 Å². The fourth-order valence-corrected chi connectivity index (χ4v) is 3.83. The number of aliphatic hydroxyl groups is 4. The van der Waals surface area contributed by atoms with Crippen LogP contribution >= 0.6 is 0 Å². The van der Waals surface area contributed by atoms with Gasteiger partial charge in [0.05, 0.1) is 6.61 Å². The van der Waals surface area contributed by atoms with E-state index in [-0.39, 0.29) is 0 Å². The molecule has 2 aromatic rings. The lowest BCUT2D eigenvalue weighted by Gasteiger charge is -2.39. The molecule has 1 fully saturated rings. The van der Waals surface area contributed by atoms with E-state index in [4.69, 9.17) is 9.47 Å². The number of H-pyrrole nitrogens is 1. The van der Waals surface area contributed by atoms with Crippen LogP contribution in [0.15, 0.2) is 24.4 Å². The summed E-state index contributed by atoms with van der Waals surface area (Å²) >= 11 is 0. The van der Waals surface area contributed by atoms with E-state index < -0.39 is 37.3 Å². The molecule has 1 aliphatic rings. The van der Waals surface area contributed by atoms with Crippen LogP contribution in [-0.2, 0) is 11.2 Å². The number of nitrogens with one attached hydrogen (secondary N) is 1. The molecule has 8 nitrogen and oxygen atoms in total. The van der Waals surface area contributed by atoms with Gasteiger partial charge in [-0.1, -0.05) is 19.9 Å². The Kier molecular flexibility index (Phi) is 7.50. The Morgan fingerprint density at radius 1 is 1.10 bits per heavy atom. The molecular weight excluding hydrogens is 376 g/mol. The molecular formula is C21H32N2O6. The van der Waals surface area contributed by atoms with Gasteiger partial charge in [-0.05, 0) is 43.6 Å². The summed E-state index contributed by atoms with van der Waals surface area (Å²) in [6, 6.07) is 5.56. The standard InChI is InChI=1S/C21H32N2O6/c1-3-9-23(4-2)10-8-13-11-22-14-6-5-7-15(17(13)14)28-21-20(27)19(26)18(25)16(12-24)29-21/h5-7,11,16,18-22,24-27H,3-4,8-10,12H2,1-2H3. The van der Waals surface area contributed by atoms with Crippen LogP contribution < -0.4 is 4.74 Å². The van der Waals surface area contributed by atoms with Gasteiger partial charge >= 0.3 is 0 Å². The maximum atomic E-state index is 10.3. The number of rotatable bonds is 9. The highest BCUT2D eigenvalue weighted by Gasteiger charge is 2.44. The lowest BCUT2D eigenvalue weighted by molar-refractivity contribution is -0.277. The lowest BCUT2D eigenvalue weighted by atomic mass is 9.99. The number of fused-ring (bicyclic) bond motifs is 1. The molecule has 1 aromatic carbocycles. The monoisotopic (exact) mass is 408 g/mol. The van der Waals surface area contributed by atoms with Crippen molar-refractivity contribution in [3.63, 3.8) is 0 Å². The van der Waals surface area contributed by atoms with E-state index in [1.54, 1.807) is 6.07 Å². The Morgan fingerprint density at radius 2 is 1.90 bits per heavy atom. The first kappa shape index (κ1) is 22.0. The SMILES string of the molecule is CCCN(CC)CCc1c[nH]c2cccc(OC3OC(CO)C(O)C(O)C3O)c12. The molecule has 5 atom stereocenters. The molecule has 0 amide bonds. The fourth-order valence-electron chi connectivity index (χ4n) is 3.83. The number of aromatic amines is 1. The average Bonchev–Trinajstić information content (AvgIpc) is 3.15.